The van der Waals surface area contributed by atoms with Gasteiger partial charge in [-0.1, -0.05) is 236 Å². The van der Waals surface area contributed by atoms with E-state index in [-0.39, 0.29) is 37.5 Å². The van der Waals surface area contributed by atoms with Crippen LogP contribution in [0.2, 0.25) is 0 Å². The maximum Gasteiger partial charge on any atom is 0.306 e. The Morgan fingerprint density at radius 2 is 0.621 bits per heavy atom. The van der Waals surface area contributed by atoms with E-state index in [4.69, 9.17) is 14.2 Å². The Kier molecular flexibility index (Phi) is 52.3. The molecule has 0 spiro atoms. The van der Waals surface area contributed by atoms with Crippen LogP contribution >= 0.6 is 0 Å². The van der Waals surface area contributed by atoms with Gasteiger partial charge in [-0.15, -0.1) is 0 Å². The zero-order chi connectivity index (χ0) is 47.9. The summed E-state index contributed by atoms with van der Waals surface area (Å²) in [5.74, 6) is -0.969. The summed E-state index contributed by atoms with van der Waals surface area (Å²) in [6, 6.07) is 0. The molecule has 0 saturated carbocycles. The number of ether oxygens (including phenoxy) is 3. The van der Waals surface area contributed by atoms with Crippen molar-refractivity contribution in [1.29, 1.82) is 0 Å². The van der Waals surface area contributed by atoms with Gasteiger partial charge in [-0.3, -0.25) is 14.4 Å². The molecule has 0 bridgehead atoms. The van der Waals surface area contributed by atoms with Gasteiger partial charge in [-0.2, -0.15) is 0 Å². The highest BCUT2D eigenvalue weighted by molar-refractivity contribution is 5.71. The van der Waals surface area contributed by atoms with Crippen molar-refractivity contribution in [2.75, 3.05) is 13.2 Å². The average molecular weight is 924 g/mol. The van der Waals surface area contributed by atoms with Crippen LogP contribution in [0.4, 0.5) is 0 Å². The third kappa shape index (κ3) is 52.1. The molecule has 0 heterocycles. The zero-order valence-corrected chi connectivity index (χ0v) is 43.7. The molecule has 0 aliphatic heterocycles. The fraction of sp³-hybridized carbons (Fsp3) is 0.783. The molecular weight excluding hydrogens is 817 g/mol. The topological polar surface area (TPSA) is 78.9 Å². The molecule has 0 rings (SSSR count). The van der Waals surface area contributed by atoms with Crippen LogP contribution in [0.3, 0.4) is 0 Å². The smallest absolute Gasteiger partial charge is 0.306 e. The number of rotatable bonds is 51. The number of hydrogen-bond acceptors (Lipinski definition) is 6. The van der Waals surface area contributed by atoms with Crippen LogP contribution in [-0.4, -0.2) is 37.2 Å². The summed E-state index contributed by atoms with van der Waals surface area (Å²) in [5, 5.41) is 0. The Morgan fingerprint density at radius 1 is 0.318 bits per heavy atom. The monoisotopic (exact) mass is 923 g/mol. The van der Waals surface area contributed by atoms with E-state index in [1.807, 2.05) is 6.08 Å². The first-order chi connectivity index (χ1) is 32.5. The molecule has 0 aliphatic carbocycles. The standard InChI is InChI=1S/C60H106O6/c1-4-7-10-13-16-19-22-25-27-29-30-31-33-35-38-41-44-47-50-53-59(62)65-56-57(55-64-58(61)52-49-46-43-40-37-34-24-21-18-15-12-9-6-3)66-60(63)54-51-48-45-42-39-36-32-28-26-23-20-17-14-11-8-5-2/h16,19,22,25,28,32,34,37,43,46,57H,4-15,17-18,20-21,23-24,26-27,29-31,33,35-36,38-42,44-45,47-56H2,1-3H3/b19-16-,25-22-,32-28-,37-34-,46-43-. The number of hydrogen-bond donors (Lipinski definition) is 0. The minimum absolute atomic E-state index is 0.0955. The van der Waals surface area contributed by atoms with Crippen molar-refractivity contribution in [1.82, 2.24) is 0 Å². The van der Waals surface area contributed by atoms with Crippen LogP contribution in [0, 0.1) is 0 Å². The first-order valence-corrected chi connectivity index (χ1v) is 28.3. The first kappa shape index (κ1) is 63.1. The Hall–Kier alpha value is -2.89. The van der Waals surface area contributed by atoms with Crippen molar-refractivity contribution >= 4 is 17.9 Å². The van der Waals surface area contributed by atoms with E-state index in [0.717, 1.165) is 64.2 Å². The predicted molar refractivity (Wildman–Crippen MR) is 284 cm³/mol. The molecular formula is C60H106O6. The van der Waals surface area contributed by atoms with Crippen LogP contribution in [0.15, 0.2) is 60.8 Å². The number of carbonyl (C=O) groups excluding carboxylic acids is 3. The Bertz CT molecular complexity index is 1200. The fourth-order valence-corrected chi connectivity index (χ4v) is 7.95. The van der Waals surface area contributed by atoms with Crippen LogP contribution < -0.4 is 0 Å². The van der Waals surface area contributed by atoms with Crippen molar-refractivity contribution < 1.29 is 28.6 Å². The van der Waals surface area contributed by atoms with Gasteiger partial charge in [0.15, 0.2) is 6.10 Å². The highest BCUT2D eigenvalue weighted by Gasteiger charge is 2.19. The van der Waals surface area contributed by atoms with Gasteiger partial charge in [0.25, 0.3) is 0 Å². The molecule has 0 N–H and O–H groups in total. The van der Waals surface area contributed by atoms with Gasteiger partial charge < -0.3 is 14.2 Å². The lowest BCUT2D eigenvalue weighted by atomic mass is 10.1. The Morgan fingerprint density at radius 3 is 1.06 bits per heavy atom. The van der Waals surface area contributed by atoms with Gasteiger partial charge in [-0.05, 0) is 89.9 Å². The van der Waals surface area contributed by atoms with Gasteiger partial charge in [0.1, 0.15) is 13.2 Å². The van der Waals surface area contributed by atoms with E-state index in [0.29, 0.717) is 19.3 Å². The van der Waals surface area contributed by atoms with Crippen molar-refractivity contribution in [2.24, 2.45) is 0 Å². The predicted octanol–water partition coefficient (Wildman–Crippen LogP) is 18.8. The molecule has 0 aliphatic rings. The summed E-state index contributed by atoms with van der Waals surface area (Å²) in [6.07, 6.45) is 67.9. The maximum atomic E-state index is 12.8. The molecule has 1 unspecified atom stereocenters. The molecule has 0 fully saturated rings. The quantitative estimate of drug-likeness (QED) is 0.0199. The van der Waals surface area contributed by atoms with Gasteiger partial charge in [0.2, 0.25) is 0 Å². The summed E-state index contributed by atoms with van der Waals surface area (Å²) in [5.41, 5.74) is 0. The molecule has 1 atom stereocenters. The second-order valence-corrected chi connectivity index (χ2v) is 18.9. The molecule has 66 heavy (non-hydrogen) atoms. The van der Waals surface area contributed by atoms with Gasteiger partial charge in [0, 0.05) is 19.3 Å². The largest absolute Gasteiger partial charge is 0.462 e. The lowest BCUT2D eigenvalue weighted by Gasteiger charge is -2.18. The molecule has 6 heteroatoms. The van der Waals surface area contributed by atoms with Crippen LogP contribution in [0.1, 0.15) is 284 Å². The van der Waals surface area contributed by atoms with Crippen molar-refractivity contribution in [3.8, 4) is 0 Å². The highest BCUT2D eigenvalue weighted by atomic mass is 16.6. The fourth-order valence-electron chi connectivity index (χ4n) is 7.95. The SMILES string of the molecule is CCCCC/C=C\C=C/CCCCCCCCCCCCC(=O)OCC(COC(=O)CC/C=C\C/C=C\CCCCCCCC)OC(=O)CCCCCCC/C=C\CCCCCCCCC. The van der Waals surface area contributed by atoms with Gasteiger partial charge in [-0.25, -0.2) is 0 Å². The van der Waals surface area contributed by atoms with Crippen LogP contribution in [0.5, 0.6) is 0 Å². The van der Waals surface area contributed by atoms with Gasteiger partial charge in [0.05, 0.1) is 0 Å². The van der Waals surface area contributed by atoms with E-state index in [9.17, 15) is 14.4 Å². The van der Waals surface area contributed by atoms with Crippen molar-refractivity contribution in [3.05, 3.63) is 60.8 Å². The molecule has 0 saturated heterocycles. The number of unbranched alkanes of at least 4 members (excludes halogenated alkanes) is 31. The summed E-state index contributed by atoms with van der Waals surface area (Å²) in [7, 11) is 0. The summed E-state index contributed by atoms with van der Waals surface area (Å²) < 4.78 is 16.8. The summed E-state index contributed by atoms with van der Waals surface area (Å²) in [4.78, 5) is 38.1. The number of allylic oxidation sites excluding steroid dienone is 10. The van der Waals surface area contributed by atoms with E-state index in [1.165, 1.54) is 173 Å². The number of esters is 3. The maximum absolute atomic E-state index is 12.8. The summed E-state index contributed by atoms with van der Waals surface area (Å²) >= 11 is 0. The van der Waals surface area contributed by atoms with Crippen LogP contribution in [-0.2, 0) is 28.6 Å². The highest BCUT2D eigenvalue weighted by Crippen LogP contribution is 2.15. The van der Waals surface area contributed by atoms with E-state index in [2.05, 4.69) is 75.5 Å². The Labute approximate surface area is 409 Å². The normalized spacial score (nSPS) is 12.5. The van der Waals surface area contributed by atoms with Crippen LogP contribution in [0.25, 0.3) is 0 Å². The van der Waals surface area contributed by atoms with Gasteiger partial charge >= 0.3 is 17.9 Å². The minimum atomic E-state index is -0.802. The van der Waals surface area contributed by atoms with Crippen molar-refractivity contribution in [2.45, 2.75) is 290 Å². The third-order valence-electron chi connectivity index (χ3n) is 12.3. The lowest BCUT2D eigenvalue weighted by Crippen LogP contribution is -2.30. The molecule has 0 radical (unpaired) electrons. The average Bonchev–Trinajstić information content (AvgIpc) is 3.31. The molecule has 0 aromatic heterocycles. The first-order valence-electron chi connectivity index (χ1n) is 28.3. The van der Waals surface area contributed by atoms with E-state index in [1.54, 1.807) is 0 Å². The third-order valence-corrected chi connectivity index (χ3v) is 12.3. The second-order valence-electron chi connectivity index (χ2n) is 18.9. The molecule has 6 nitrogen and oxygen atoms in total. The summed E-state index contributed by atoms with van der Waals surface area (Å²) in [6.45, 7) is 6.56. The van der Waals surface area contributed by atoms with Crippen molar-refractivity contribution in [3.63, 3.8) is 0 Å². The lowest BCUT2D eigenvalue weighted by molar-refractivity contribution is -0.166. The second kappa shape index (κ2) is 54.7. The Balaban J connectivity index is 4.41. The van der Waals surface area contributed by atoms with E-state index < -0.39 is 6.10 Å². The minimum Gasteiger partial charge on any atom is -0.462 e. The molecule has 0 amide bonds. The zero-order valence-electron chi connectivity index (χ0n) is 43.7. The number of carbonyl (C=O) groups is 3. The molecule has 0 aromatic rings. The van der Waals surface area contributed by atoms with E-state index >= 15 is 0 Å². The molecule has 0 aromatic carbocycles. The molecule has 382 valence electrons.